The molecular formula is C9H20N2O2. The average molecular weight is 188 g/mol. The third kappa shape index (κ3) is 3.60. The first-order valence-electron chi connectivity index (χ1n) is 4.89. The largest absolute Gasteiger partial charge is 0.396 e. The van der Waals surface area contributed by atoms with Crippen molar-refractivity contribution in [2.75, 3.05) is 39.8 Å². The molecule has 0 bridgehead atoms. The first-order valence-corrected chi connectivity index (χ1v) is 4.89. The zero-order chi connectivity index (χ0) is 9.73. The van der Waals surface area contributed by atoms with E-state index in [1.807, 2.05) is 7.05 Å². The van der Waals surface area contributed by atoms with Crippen molar-refractivity contribution in [3.8, 4) is 0 Å². The third-order valence-corrected chi connectivity index (χ3v) is 2.48. The molecule has 4 heteroatoms. The lowest BCUT2D eigenvalue weighted by atomic mass is 10.0. The lowest BCUT2D eigenvalue weighted by Gasteiger charge is -2.27. The molecule has 1 aliphatic rings. The molecule has 0 saturated carbocycles. The number of nitrogens with one attached hydrogen (secondary N) is 1. The standard InChI is InChI=1S/C9H20N2O2/c1-11(5-2-6-12)8-9(13)3-4-10-7-9/h10,12-13H,2-8H2,1H3. The highest BCUT2D eigenvalue weighted by Gasteiger charge is 2.31. The minimum atomic E-state index is -0.551. The van der Waals surface area contributed by atoms with Crippen molar-refractivity contribution in [3.63, 3.8) is 0 Å². The summed E-state index contributed by atoms with van der Waals surface area (Å²) in [7, 11) is 1.98. The molecule has 1 aliphatic heterocycles. The van der Waals surface area contributed by atoms with Gasteiger partial charge in [-0.25, -0.2) is 0 Å². The molecule has 0 spiro atoms. The predicted molar refractivity (Wildman–Crippen MR) is 51.6 cm³/mol. The van der Waals surface area contributed by atoms with Crippen LogP contribution in [0.25, 0.3) is 0 Å². The van der Waals surface area contributed by atoms with Gasteiger partial charge >= 0.3 is 0 Å². The average Bonchev–Trinajstić information content (AvgIpc) is 2.48. The van der Waals surface area contributed by atoms with Crippen LogP contribution < -0.4 is 5.32 Å². The molecule has 1 fully saturated rings. The number of hydrogen-bond acceptors (Lipinski definition) is 4. The molecule has 0 aromatic rings. The molecular weight excluding hydrogens is 168 g/mol. The zero-order valence-electron chi connectivity index (χ0n) is 8.29. The summed E-state index contributed by atoms with van der Waals surface area (Å²) in [6.45, 7) is 3.36. The molecule has 1 unspecified atom stereocenters. The predicted octanol–water partition coefficient (Wildman–Crippen LogP) is -0.975. The molecule has 0 radical (unpaired) electrons. The molecule has 0 aromatic heterocycles. The van der Waals surface area contributed by atoms with Gasteiger partial charge in [0.05, 0.1) is 5.60 Å². The van der Waals surface area contributed by atoms with Crippen molar-refractivity contribution >= 4 is 0 Å². The number of nitrogens with zero attached hydrogens (tertiary/aromatic N) is 1. The Labute approximate surface area is 79.6 Å². The van der Waals surface area contributed by atoms with Crippen LogP contribution in [-0.2, 0) is 0 Å². The summed E-state index contributed by atoms with van der Waals surface area (Å²) in [5, 5.41) is 21.8. The maximum atomic E-state index is 9.99. The van der Waals surface area contributed by atoms with Gasteiger partial charge in [-0.15, -0.1) is 0 Å². The minimum absolute atomic E-state index is 0.223. The van der Waals surface area contributed by atoms with Crippen LogP contribution >= 0.6 is 0 Å². The maximum absolute atomic E-state index is 9.99. The van der Waals surface area contributed by atoms with Crippen molar-refractivity contribution < 1.29 is 10.2 Å². The zero-order valence-corrected chi connectivity index (χ0v) is 8.29. The van der Waals surface area contributed by atoms with Crippen molar-refractivity contribution in [2.24, 2.45) is 0 Å². The fourth-order valence-corrected chi connectivity index (χ4v) is 1.79. The number of hydrogen-bond donors (Lipinski definition) is 3. The Balaban J connectivity index is 2.21. The number of aliphatic hydroxyl groups excluding tert-OH is 1. The number of β-amino-alcohol motifs (C(OH)–C–C–N with tert-alkyl or cyclic N) is 1. The Morgan fingerprint density at radius 1 is 1.54 bits per heavy atom. The van der Waals surface area contributed by atoms with E-state index in [-0.39, 0.29) is 6.61 Å². The molecule has 0 amide bonds. The molecule has 3 N–H and O–H groups in total. The molecule has 78 valence electrons. The van der Waals surface area contributed by atoms with Gasteiger partial charge in [0.1, 0.15) is 0 Å². The van der Waals surface area contributed by atoms with Crippen molar-refractivity contribution in [1.82, 2.24) is 10.2 Å². The maximum Gasteiger partial charge on any atom is 0.0909 e. The topological polar surface area (TPSA) is 55.7 Å². The monoisotopic (exact) mass is 188 g/mol. The Kier molecular flexibility index (Phi) is 4.12. The van der Waals surface area contributed by atoms with Gasteiger partial charge in [0.2, 0.25) is 0 Å². The Morgan fingerprint density at radius 3 is 2.85 bits per heavy atom. The van der Waals surface area contributed by atoms with Crippen molar-refractivity contribution in [2.45, 2.75) is 18.4 Å². The molecule has 1 heterocycles. The van der Waals surface area contributed by atoms with E-state index in [9.17, 15) is 5.11 Å². The summed E-state index contributed by atoms with van der Waals surface area (Å²) in [6, 6.07) is 0. The van der Waals surface area contributed by atoms with Crippen molar-refractivity contribution in [1.29, 1.82) is 0 Å². The number of likely N-dealkylation sites (N-methyl/N-ethyl adjacent to an activating group) is 1. The van der Waals surface area contributed by atoms with Gasteiger partial charge in [0, 0.05) is 26.2 Å². The second kappa shape index (κ2) is 4.91. The highest BCUT2D eigenvalue weighted by Crippen LogP contribution is 2.15. The summed E-state index contributed by atoms with van der Waals surface area (Å²) < 4.78 is 0. The first-order chi connectivity index (χ1) is 6.16. The van der Waals surface area contributed by atoms with Crippen LogP contribution in [0.15, 0.2) is 0 Å². The van der Waals surface area contributed by atoms with E-state index < -0.39 is 5.60 Å². The second-order valence-electron chi connectivity index (χ2n) is 3.97. The van der Waals surface area contributed by atoms with E-state index in [4.69, 9.17) is 5.11 Å². The van der Waals surface area contributed by atoms with E-state index in [2.05, 4.69) is 10.2 Å². The molecule has 0 aliphatic carbocycles. The minimum Gasteiger partial charge on any atom is -0.396 e. The number of aliphatic hydroxyl groups is 2. The summed E-state index contributed by atoms with van der Waals surface area (Å²) in [5.41, 5.74) is -0.551. The molecule has 4 nitrogen and oxygen atoms in total. The van der Waals surface area contributed by atoms with Crippen LogP contribution in [0.3, 0.4) is 0 Å². The Bertz CT molecular complexity index is 147. The lowest BCUT2D eigenvalue weighted by molar-refractivity contribution is 0.0270. The summed E-state index contributed by atoms with van der Waals surface area (Å²) in [5.74, 6) is 0. The Hall–Kier alpha value is -0.160. The smallest absolute Gasteiger partial charge is 0.0909 e. The van der Waals surface area contributed by atoms with E-state index >= 15 is 0 Å². The number of rotatable bonds is 5. The van der Waals surface area contributed by atoms with Gasteiger partial charge in [-0.05, 0) is 26.4 Å². The van der Waals surface area contributed by atoms with Crippen LogP contribution in [0.5, 0.6) is 0 Å². The SMILES string of the molecule is CN(CCCO)CC1(O)CCNC1. The summed E-state index contributed by atoms with van der Waals surface area (Å²) in [6.07, 6.45) is 1.61. The van der Waals surface area contributed by atoms with Crippen LogP contribution in [-0.4, -0.2) is 60.5 Å². The van der Waals surface area contributed by atoms with Gasteiger partial charge in [0.15, 0.2) is 0 Å². The van der Waals surface area contributed by atoms with Crippen LogP contribution in [0.2, 0.25) is 0 Å². The fraction of sp³-hybridized carbons (Fsp3) is 1.00. The highest BCUT2D eigenvalue weighted by atomic mass is 16.3. The van der Waals surface area contributed by atoms with Crippen LogP contribution in [0.1, 0.15) is 12.8 Å². The normalized spacial score (nSPS) is 28.6. The van der Waals surface area contributed by atoms with Crippen LogP contribution in [0, 0.1) is 0 Å². The van der Waals surface area contributed by atoms with Crippen molar-refractivity contribution in [3.05, 3.63) is 0 Å². The van der Waals surface area contributed by atoms with Gasteiger partial charge in [-0.3, -0.25) is 0 Å². The fourth-order valence-electron chi connectivity index (χ4n) is 1.79. The van der Waals surface area contributed by atoms with E-state index in [0.717, 1.165) is 25.9 Å². The third-order valence-electron chi connectivity index (χ3n) is 2.48. The van der Waals surface area contributed by atoms with Gasteiger partial charge < -0.3 is 20.4 Å². The van der Waals surface area contributed by atoms with Crippen LogP contribution in [0.4, 0.5) is 0 Å². The van der Waals surface area contributed by atoms with E-state index in [0.29, 0.717) is 13.1 Å². The molecule has 13 heavy (non-hydrogen) atoms. The summed E-state index contributed by atoms with van der Waals surface area (Å²) in [4.78, 5) is 2.07. The van der Waals surface area contributed by atoms with E-state index in [1.165, 1.54) is 0 Å². The van der Waals surface area contributed by atoms with E-state index in [1.54, 1.807) is 0 Å². The van der Waals surface area contributed by atoms with Gasteiger partial charge in [0.25, 0.3) is 0 Å². The first kappa shape index (κ1) is 10.9. The summed E-state index contributed by atoms with van der Waals surface area (Å²) >= 11 is 0. The van der Waals surface area contributed by atoms with Gasteiger partial charge in [-0.2, -0.15) is 0 Å². The highest BCUT2D eigenvalue weighted by molar-refractivity contribution is 4.89. The second-order valence-corrected chi connectivity index (χ2v) is 3.97. The van der Waals surface area contributed by atoms with Gasteiger partial charge in [-0.1, -0.05) is 0 Å². The molecule has 0 aromatic carbocycles. The Morgan fingerprint density at radius 2 is 2.31 bits per heavy atom. The molecule has 1 rings (SSSR count). The molecule has 1 saturated heterocycles. The lowest BCUT2D eigenvalue weighted by Crippen LogP contribution is -2.43. The quantitative estimate of drug-likeness (QED) is 0.519. The molecule has 1 atom stereocenters.